The molecule has 0 atom stereocenters. The van der Waals surface area contributed by atoms with Crippen LogP contribution < -0.4 is 29.2 Å². The Morgan fingerprint density at radius 3 is 2.23 bits per heavy atom. The fourth-order valence-corrected chi connectivity index (χ4v) is 3.97. The topological polar surface area (TPSA) is 30.9 Å². The van der Waals surface area contributed by atoms with Gasteiger partial charge in [0.05, 0.1) is 13.2 Å². The van der Waals surface area contributed by atoms with Crippen molar-refractivity contribution in [1.82, 2.24) is 0 Å². The van der Waals surface area contributed by atoms with Crippen LogP contribution in [0.15, 0.2) is 24.3 Å². The third-order valence-corrected chi connectivity index (χ3v) is 6.11. The van der Waals surface area contributed by atoms with E-state index in [4.69, 9.17) is 14.0 Å². The quantitative estimate of drug-likeness (QED) is 0.725. The van der Waals surface area contributed by atoms with E-state index in [-0.39, 0.29) is 30.1 Å². The average molecular weight is 353 g/mol. The molecule has 0 unspecified atom stereocenters. The summed E-state index contributed by atoms with van der Waals surface area (Å²) < 4.78 is 18.9. The minimum atomic E-state index is -1.47. The Morgan fingerprint density at radius 2 is 1.65 bits per heavy atom. The van der Waals surface area contributed by atoms with E-state index in [1.165, 1.54) is 11.2 Å². The third kappa shape index (κ3) is 4.18. The molecule has 2 fully saturated rings. The van der Waals surface area contributed by atoms with Gasteiger partial charge in [0.15, 0.2) is 0 Å². The monoisotopic (exact) mass is 353 g/mol. The van der Waals surface area contributed by atoms with Crippen LogP contribution in [0.25, 0.3) is 0 Å². The second kappa shape index (κ2) is 8.29. The van der Waals surface area contributed by atoms with E-state index in [2.05, 4.69) is 63.8 Å². The van der Waals surface area contributed by atoms with Crippen molar-refractivity contribution in [2.45, 2.75) is 65.0 Å². The smallest absolute Gasteiger partial charge is 0.558 e. The molecule has 4 nitrogen and oxygen atoms in total. The van der Waals surface area contributed by atoms with Crippen molar-refractivity contribution < 1.29 is 32.9 Å². The maximum Gasteiger partial charge on any atom is 1.00 e. The van der Waals surface area contributed by atoms with Crippen molar-refractivity contribution in [2.24, 2.45) is 0 Å². The summed E-state index contributed by atoms with van der Waals surface area (Å²) in [6, 6.07) is 8.78. The molecule has 0 saturated carbocycles. The number of rotatable bonds is 5. The molecule has 0 aliphatic carbocycles. The standard InChI is InChI=1S/C20H33BNO3.Li/c1-6-7-11-21(24-19(2,3)20(4,5)25-21)17-9-8-10-18(16-17)22-12-14-23-15-13-22;/h8-10,16H,6-7,11-15H2,1-5H3;/q-1;+1. The number of ether oxygens (including phenoxy) is 1. The van der Waals surface area contributed by atoms with E-state index in [9.17, 15) is 0 Å². The van der Waals surface area contributed by atoms with Gasteiger partial charge in [-0.05, 0) is 33.8 Å². The molecular weight excluding hydrogens is 320 g/mol. The van der Waals surface area contributed by atoms with Crippen molar-refractivity contribution >= 4 is 17.7 Å². The first kappa shape index (κ1) is 21.9. The van der Waals surface area contributed by atoms with Crippen LogP contribution in [0.2, 0.25) is 6.32 Å². The van der Waals surface area contributed by atoms with E-state index in [1.54, 1.807) is 0 Å². The molecule has 0 N–H and O–H groups in total. The van der Waals surface area contributed by atoms with E-state index in [0.29, 0.717) is 0 Å². The summed E-state index contributed by atoms with van der Waals surface area (Å²) in [5, 5.41) is 0. The van der Waals surface area contributed by atoms with Gasteiger partial charge in [0.25, 0.3) is 6.55 Å². The molecule has 0 spiro atoms. The number of hydrogen-bond acceptors (Lipinski definition) is 4. The van der Waals surface area contributed by atoms with Gasteiger partial charge in [-0.25, -0.2) is 0 Å². The largest absolute Gasteiger partial charge is 1.00 e. The van der Waals surface area contributed by atoms with Crippen LogP contribution >= 0.6 is 0 Å². The molecule has 1 aromatic carbocycles. The van der Waals surface area contributed by atoms with Crippen LogP contribution in [0.1, 0.15) is 47.5 Å². The fourth-order valence-electron chi connectivity index (χ4n) is 3.97. The number of morpholine rings is 1. The molecule has 3 rings (SSSR count). The molecule has 2 aliphatic rings. The Kier molecular flexibility index (Phi) is 6.97. The predicted molar refractivity (Wildman–Crippen MR) is 105 cm³/mol. The predicted octanol–water partition coefficient (Wildman–Crippen LogP) is 0.581. The molecular formula is C20H33BLiNO3. The first-order valence-electron chi connectivity index (χ1n) is 9.79. The molecule has 0 amide bonds. The van der Waals surface area contributed by atoms with Gasteiger partial charge in [0, 0.05) is 30.0 Å². The van der Waals surface area contributed by atoms with Crippen LogP contribution in [0, 0.1) is 0 Å². The molecule has 2 heterocycles. The van der Waals surface area contributed by atoms with Crippen LogP contribution in [-0.2, 0) is 14.0 Å². The molecule has 26 heavy (non-hydrogen) atoms. The van der Waals surface area contributed by atoms with Crippen molar-refractivity contribution in [3.63, 3.8) is 0 Å². The van der Waals surface area contributed by atoms with Crippen LogP contribution in [0.3, 0.4) is 0 Å². The van der Waals surface area contributed by atoms with Crippen LogP contribution in [0.4, 0.5) is 5.69 Å². The minimum Gasteiger partial charge on any atom is -0.558 e. The first-order valence-corrected chi connectivity index (χ1v) is 9.79. The summed E-state index contributed by atoms with van der Waals surface area (Å²) in [6.07, 6.45) is 3.18. The zero-order valence-corrected chi connectivity index (χ0v) is 17.5. The van der Waals surface area contributed by atoms with E-state index in [0.717, 1.165) is 45.5 Å². The van der Waals surface area contributed by atoms with E-state index < -0.39 is 6.55 Å². The van der Waals surface area contributed by atoms with Gasteiger partial charge in [0.1, 0.15) is 0 Å². The van der Waals surface area contributed by atoms with Gasteiger partial charge < -0.3 is 18.9 Å². The van der Waals surface area contributed by atoms with E-state index >= 15 is 0 Å². The molecule has 1 aromatic rings. The van der Waals surface area contributed by atoms with E-state index in [1.807, 2.05) is 0 Å². The Morgan fingerprint density at radius 1 is 1.04 bits per heavy atom. The van der Waals surface area contributed by atoms with Gasteiger partial charge in [-0.1, -0.05) is 38.0 Å². The Hall–Kier alpha value is -0.438. The first-order chi connectivity index (χ1) is 11.8. The minimum absolute atomic E-state index is 0. The third-order valence-electron chi connectivity index (χ3n) is 6.11. The van der Waals surface area contributed by atoms with Crippen LogP contribution in [0.5, 0.6) is 0 Å². The average Bonchev–Trinajstić information content (AvgIpc) is 2.79. The van der Waals surface area contributed by atoms with Gasteiger partial charge in [-0.15, -0.1) is 6.32 Å². The number of hydrogen-bond donors (Lipinski definition) is 0. The number of nitrogens with zero attached hydrogens (tertiary/aromatic N) is 1. The summed E-state index contributed by atoms with van der Waals surface area (Å²) in [5.74, 6) is 0. The van der Waals surface area contributed by atoms with Crippen molar-refractivity contribution in [1.29, 1.82) is 0 Å². The summed E-state index contributed by atoms with van der Waals surface area (Å²) in [7, 11) is 0. The maximum absolute atomic E-state index is 6.68. The number of benzene rings is 1. The van der Waals surface area contributed by atoms with Crippen molar-refractivity contribution in [2.75, 3.05) is 31.2 Å². The molecule has 140 valence electrons. The summed E-state index contributed by atoms with van der Waals surface area (Å²) in [5.41, 5.74) is 1.81. The number of anilines is 1. The van der Waals surface area contributed by atoms with Gasteiger partial charge >= 0.3 is 18.9 Å². The second-order valence-electron chi connectivity index (χ2n) is 8.46. The maximum atomic E-state index is 6.68. The SMILES string of the molecule is CCCC[B-]1(c2cccc(N3CCOCC3)c2)OC(C)(C)C(C)(C)O1.[Li+]. The van der Waals surface area contributed by atoms with Crippen molar-refractivity contribution in [3.05, 3.63) is 24.3 Å². The molecule has 0 aromatic heterocycles. The molecule has 0 bridgehead atoms. The van der Waals surface area contributed by atoms with Crippen molar-refractivity contribution in [3.8, 4) is 0 Å². The Bertz CT molecular complexity index is 586. The van der Waals surface area contributed by atoms with Gasteiger partial charge in [-0.2, -0.15) is 5.46 Å². The Balaban J connectivity index is 0.00000243. The van der Waals surface area contributed by atoms with Gasteiger partial charge in [-0.3, -0.25) is 0 Å². The van der Waals surface area contributed by atoms with Crippen LogP contribution in [-0.4, -0.2) is 44.1 Å². The molecule has 2 saturated heterocycles. The van der Waals surface area contributed by atoms with Gasteiger partial charge in [0.2, 0.25) is 0 Å². The Labute approximate surface area is 171 Å². The summed E-state index contributed by atoms with van der Waals surface area (Å²) in [4.78, 5) is 2.39. The molecule has 0 radical (unpaired) electrons. The summed E-state index contributed by atoms with van der Waals surface area (Å²) in [6.45, 7) is 12.8. The molecule has 2 aliphatic heterocycles. The number of unbranched alkanes of at least 4 members (excludes halogenated alkanes) is 1. The fraction of sp³-hybridized carbons (Fsp3) is 0.700. The normalized spacial score (nSPS) is 23.5. The zero-order valence-electron chi connectivity index (χ0n) is 17.5. The second-order valence-corrected chi connectivity index (χ2v) is 8.46. The molecule has 6 heteroatoms. The summed E-state index contributed by atoms with van der Waals surface area (Å²) >= 11 is 0. The zero-order chi connectivity index (χ0) is 18.1.